The van der Waals surface area contributed by atoms with Gasteiger partial charge in [0.1, 0.15) is 4.83 Å². The number of fused-ring (bicyclic) bond motifs is 1. The fraction of sp³-hybridized carbons (Fsp3) is 0.312. The number of rotatable bonds is 5. The Kier molecular flexibility index (Phi) is 4.85. The van der Waals surface area contributed by atoms with Gasteiger partial charge in [-0.3, -0.25) is 9.36 Å². The molecule has 0 saturated heterocycles. The Labute approximate surface area is 146 Å². The summed E-state index contributed by atoms with van der Waals surface area (Å²) in [6.07, 6.45) is 0. The first-order chi connectivity index (χ1) is 11.2. The highest BCUT2D eigenvalue weighted by Crippen LogP contribution is 2.34. The lowest BCUT2D eigenvalue weighted by Gasteiger charge is -2.10. The van der Waals surface area contributed by atoms with E-state index in [1.54, 1.807) is 15.9 Å². The van der Waals surface area contributed by atoms with E-state index in [9.17, 15) is 4.79 Å². The van der Waals surface area contributed by atoms with Gasteiger partial charge in [-0.15, -0.1) is 22.7 Å². The molecule has 3 heterocycles. The molecule has 3 rings (SSSR count). The molecule has 0 fully saturated rings. The highest BCUT2D eigenvalue weighted by Gasteiger charge is 2.17. The first-order valence-corrected chi connectivity index (χ1v) is 9.98. The van der Waals surface area contributed by atoms with Crippen LogP contribution in [0.15, 0.2) is 32.8 Å². The van der Waals surface area contributed by atoms with Crippen molar-refractivity contribution in [2.24, 2.45) is 5.92 Å². The molecule has 0 radical (unpaired) electrons. The van der Waals surface area contributed by atoms with Gasteiger partial charge >= 0.3 is 0 Å². The molecule has 0 aromatic carbocycles. The molecule has 23 heavy (non-hydrogen) atoms. The lowest BCUT2D eigenvalue weighted by molar-refractivity contribution is 0.634. The van der Waals surface area contributed by atoms with Crippen molar-refractivity contribution in [3.05, 3.63) is 33.2 Å². The van der Waals surface area contributed by atoms with Crippen LogP contribution >= 0.6 is 34.4 Å². The van der Waals surface area contributed by atoms with Crippen molar-refractivity contribution in [1.82, 2.24) is 9.55 Å². The highest BCUT2D eigenvalue weighted by molar-refractivity contribution is 7.99. The van der Waals surface area contributed by atoms with E-state index in [4.69, 9.17) is 5.26 Å². The lowest BCUT2D eigenvalue weighted by atomic mass is 10.2. The predicted molar refractivity (Wildman–Crippen MR) is 98.4 cm³/mol. The topological polar surface area (TPSA) is 58.7 Å². The smallest absolute Gasteiger partial charge is 0.263 e. The van der Waals surface area contributed by atoms with Gasteiger partial charge in [0.25, 0.3) is 5.56 Å². The Morgan fingerprint density at radius 1 is 1.48 bits per heavy atom. The molecule has 0 aliphatic rings. The van der Waals surface area contributed by atoms with E-state index in [0.29, 0.717) is 22.8 Å². The third-order valence-electron chi connectivity index (χ3n) is 3.44. The number of hydrogen-bond acceptors (Lipinski definition) is 6. The van der Waals surface area contributed by atoms with E-state index in [2.05, 4.69) is 11.1 Å². The SMILES string of the molecule is CCn1c(SC[C@H](C)C#N)nc2scc(-c3cccs3)c2c1=O. The third kappa shape index (κ3) is 3.07. The summed E-state index contributed by atoms with van der Waals surface area (Å²) >= 11 is 4.61. The first-order valence-electron chi connectivity index (χ1n) is 7.24. The van der Waals surface area contributed by atoms with E-state index in [0.717, 1.165) is 15.3 Å². The van der Waals surface area contributed by atoms with Gasteiger partial charge in [0, 0.05) is 28.1 Å². The van der Waals surface area contributed by atoms with Crippen LogP contribution in [0.3, 0.4) is 0 Å². The maximum atomic E-state index is 12.9. The molecule has 0 aliphatic heterocycles. The second kappa shape index (κ2) is 6.87. The van der Waals surface area contributed by atoms with Gasteiger partial charge in [-0.05, 0) is 25.3 Å². The Morgan fingerprint density at radius 2 is 2.30 bits per heavy atom. The van der Waals surface area contributed by atoms with Crippen LogP contribution < -0.4 is 5.56 Å². The number of thioether (sulfide) groups is 1. The molecule has 0 saturated carbocycles. The van der Waals surface area contributed by atoms with Crippen LogP contribution in [0.4, 0.5) is 0 Å². The number of hydrogen-bond donors (Lipinski definition) is 0. The second-order valence-corrected chi connectivity index (χ2v) is 7.88. The number of nitriles is 1. The quantitative estimate of drug-likeness (QED) is 0.497. The average molecular weight is 362 g/mol. The number of nitrogens with zero attached hydrogens (tertiary/aromatic N) is 3. The van der Waals surface area contributed by atoms with Crippen molar-refractivity contribution in [2.45, 2.75) is 25.5 Å². The summed E-state index contributed by atoms with van der Waals surface area (Å²) in [6.45, 7) is 4.40. The lowest BCUT2D eigenvalue weighted by Crippen LogP contribution is -2.22. The van der Waals surface area contributed by atoms with E-state index < -0.39 is 0 Å². The van der Waals surface area contributed by atoms with Crippen molar-refractivity contribution in [1.29, 1.82) is 5.26 Å². The second-order valence-electron chi connectivity index (χ2n) is 5.09. The third-order valence-corrected chi connectivity index (χ3v) is 6.46. The molecule has 1 atom stereocenters. The maximum absolute atomic E-state index is 12.9. The number of aromatic nitrogens is 2. The summed E-state index contributed by atoms with van der Waals surface area (Å²) in [5.41, 5.74) is 0.982. The van der Waals surface area contributed by atoms with Gasteiger partial charge in [0.15, 0.2) is 5.16 Å². The van der Waals surface area contributed by atoms with Crippen LogP contribution in [0.1, 0.15) is 13.8 Å². The minimum atomic E-state index is -0.0667. The molecule has 118 valence electrons. The molecule has 0 N–H and O–H groups in total. The monoisotopic (exact) mass is 361 g/mol. The van der Waals surface area contributed by atoms with E-state index >= 15 is 0 Å². The van der Waals surface area contributed by atoms with Crippen LogP contribution in [0.5, 0.6) is 0 Å². The Morgan fingerprint density at radius 3 is 2.96 bits per heavy atom. The van der Waals surface area contributed by atoms with Crippen molar-refractivity contribution in [2.75, 3.05) is 5.75 Å². The molecule has 7 heteroatoms. The van der Waals surface area contributed by atoms with Crippen molar-refractivity contribution >= 4 is 44.7 Å². The summed E-state index contributed by atoms with van der Waals surface area (Å²) in [6, 6.07) is 6.23. The standard InChI is InChI=1S/C16H15N3OS3/c1-3-19-15(20)13-11(12-5-4-6-21-12)9-22-14(13)18-16(19)23-8-10(2)7-17/h4-6,9-10H,3,8H2,1-2H3/t10-/m1/s1. The summed E-state index contributed by atoms with van der Waals surface area (Å²) < 4.78 is 1.71. The molecular formula is C16H15N3OS3. The predicted octanol–water partition coefficient (Wildman–Crippen LogP) is 4.46. The normalized spacial score (nSPS) is 12.4. The van der Waals surface area contributed by atoms with E-state index in [1.165, 1.54) is 23.1 Å². The summed E-state index contributed by atoms with van der Waals surface area (Å²) in [7, 11) is 0. The zero-order valence-corrected chi connectivity index (χ0v) is 15.2. The van der Waals surface area contributed by atoms with Gasteiger partial charge in [0.2, 0.25) is 0 Å². The van der Waals surface area contributed by atoms with Crippen molar-refractivity contribution in [3.8, 4) is 16.5 Å². The van der Waals surface area contributed by atoms with Crippen LogP contribution in [0.25, 0.3) is 20.7 Å². The van der Waals surface area contributed by atoms with E-state index in [-0.39, 0.29) is 11.5 Å². The molecule has 0 spiro atoms. The van der Waals surface area contributed by atoms with Gasteiger partial charge in [-0.25, -0.2) is 4.98 Å². The largest absolute Gasteiger partial charge is 0.287 e. The molecule has 4 nitrogen and oxygen atoms in total. The Bertz CT molecular complexity index is 919. The zero-order chi connectivity index (χ0) is 16.4. The summed E-state index contributed by atoms with van der Waals surface area (Å²) in [5.74, 6) is 0.570. The van der Waals surface area contributed by atoms with Gasteiger partial charge in [-0.1, -0.05) is 17.8 Å². The highest BCUT2D eigenvalue weighted by atomic mass is 32.2. The van der Waals surface area contributed by atoms with Gasteiger partial charge in [-0.2, -0.15) is 5.26 Å². The molecule has 0 aliphatic carbocycles. The minimum absolute atomic E-state index is 0.00857. The average Bonchev–Trinajstić information content (AvgIpc) is 3.21. The van der Waals surface area contributed by atoms with Crippen LogP contribution in [0.2, 0.25) is 0 Å². The maximum Gasteiger partial charge on any atom is 0.263 e. The fourth-order valence-corrected chi connectivity index (χ4v) is 5.05. The van der Waals surface area contributed by atoms with E-state index in [1.807, 2.05) is 36.7 Å². The Hall–Kier alpha value is -1.62. The summed E-state index contributed by atoms with van der Waals surface area (Å²) in [4.78, 5) is 19.5. The molecule has 3 aromatic heterocycles. The van der Waals surface area contributed by atoms with Crippen LogP contribution in [0, 0.1) is 17.2 Å². The fourth-order valence-electron chi connectivity index (χ4n) is 2.24. The minimum Gasteiger partial charge on any atom is -0.287 e. The molecule has 3 aromatic rings. The molecule has 0 unspecified atom stereocenters. The molecular weight excluding hydrogens is 346 g/mol. The Balaban J connectivity index is 2.12. The van der Waals surface area contributed by atoms with Crippen LogP contribution in [-0.2, 0) is 6.54 Å². The molecule has 0 bridgehead atoms. The zero-order valence-electron chi connectivity index (χ0n) is 12.8. The molecule has 0 amide bonds. The van der Waals surface area contributed by atoms with Gasteiger partial charge in [0.05, 0.1) is 17.4 Å². The summed E-state index contributed by atoms with van der Waals surface area (Å²) in [5, 5.41) is 14.4. The van der Waals surface area contributed by atoms with Crippen molar-refractivity contribution < 1.29 is 0 Å². The van der Waals surface area contributed by atoms with Gasteiger partial charge < -0.3 is 0 Å². The first kappa shape index (κ1) is 16.2. The number of thiophene rings is 2. The van der Waals surface area contributed by atoms with Crippen LogP contribution in [-0.4, -0.2) is 15.3 Å². The van der Waals surface area contributed by atoms with Crippen molar-refractivity contribution in [3.63, 3.8) is 0 Å².